The lowest BCUT2D eigenvalue weighted by Crippen LogP contribution is -2.26. The molecule has 0 bridgehead atoms. The van der Waals surface area contributed by atoms with E-state index in [0.29, 0.717) is 30.2 Å². The SMILES string of the molecule is CNC(c1cc(OCCN(C)c2ccccn2)ccc1[N+](=O)[O-])C(O)c1ccccn1. The summed E-state index contributed by atoms with van der Waals surface area (Å²) >= 11 is 0. The molecule has 0 aliphatic heterocycles. The maximum atomic E-state index is 11.6. The van der Waals surface area contributed by atoms with Gasteiger partial charge >= 0.3 is 0 Å². The Labute approximate surface area is 180 Å². The molecule has 2 aromatic heterocycles. The summed E-state index contributed by atoms with van der Waals surface area (Å²) in [6.45, 7) is 0.937. The fourth-order valence-electron chi connectivity index (χ4n) is 3.24. The van der Waals surface area contributed by atoms with Crippen LogP contribution in [0, 0.1) is 10.1 Å². The number of pyridine rings is 2. The highest BCUT2D eigenvalue weighted by atomic mass is 16.6. The number of nitro groups is 1. The van der Waals surface area contributed by atoms with Crippen molar-refractivity contribution < 1.29 is 14.8 Å². The molecule has 0 aliphatic carbocycles. The van der Waals surface area contributed by atoms with Crippen LogP contribution >= 0.6 is 0 Å². The summed E-state index contributed by atoms with van der Waals surface area (Å²) in [6, 6.07) is 14.6. The van der Waals surface area contributed by atoms with Crippen molar-refractivity contribution in [1.82, 2.24) is 15.3 Å². The number of ether oxygens (including phenoxy) is 1. The summed E-state index contributed by atoms with van der Waals surface area (Å²) in [4.78, 5) is 21.5. The highest BCUT2D eigenvalue weighted by Crippen LogP contribution is 2.35. The molecule has 162 valence electrons. The second kappa shape index (κ2) is 10.5. The standard InChI is InChI=1S/C22H25N5O4/c1-23-21(22(28)18-7-3-5-11-24-18)17-15-16(9-10-19(17)27(29)30)31-14-13-26(2)20-8-4-6-12-25-20/h3-12,15,21-23,28H,13-14H2,1-2H3. The lowest BCUT2D eigenvalue weighted by atomic mass is 9.97. The largest absolute Gasteiger partial charge is 0.492 e. The quantitative estimate of drug-likeness (QED) is 0.378. The predicted molar refractivity (Wildman–Crippen MR) is 117 cm³/mol. The number of aliphatic hydroxyl groups excluding tert-OH is 1. The molecule has 2 unspecified atom stereocenters. The molecule has 0 saturated heterocycles. The van der Waals surface area contributed by atoms with Crippen LogP contribution in [0.5, 0.6) is 5.75 Å². The van der Waals surface area contributed by atoms with Gasteiger partial charge in [0.2, 0.25) is 0 Å². The fraction of sp³-hybridized carbons (Fsp3) is 0.273. The first-order valence-electron chi connectivity index (χ1n) is 9.81. The molecule has 0 spiro atoms. The van der Waals surface area contributed by atoms with E-state index < -0.39 is 17.1 Å². The molecule has 3 rings (SSSR count). The summed E-state index contributed by atoms with van der Waals surface area (Å²) < 4.78 is 5.84. The van der Waals surface area contributed by atoms with Crippen LogP contribution < -0.4 is 15.0 Å². The molecule has 2 N–H and O–H groups in total. The van der Waals surface area contributed by atoms with Crippen LogP contribution in [0.15, 0.2) is 67.0 Å². The molecular weight excluding hydrogens is 398 g/mol. The number of benzene rings is 1. The Morgan fingerprint density at radius 3 is 2.52 bits per heavy atom. The van der Waals surface area contributed by atoms with E-state index in [9.17, 15) is 15.2 Å². The molecule has 9 heteroatoms. The van der Waals surface area contributed by atoms with Gasteiger partial charge in [-0.05, 0) is 43.4 Å². The van der Waals surface area contributed by atoms with E-state index in [1.165, 1.54) is 6.07 Å². The van der Waals surface area contributed by atoms with Crippen LogP contribution in [0.4, 0.5) is 11.5 Å². The first-order chi connectivity index (χ1) is 15.0. The van der Waals surface area contributed by atoms with Crippen LogP contribution in [0.25, 0.3) is 0 Å². The van der Waals surface area contributed by atoms with Gasteiger partial charge in [0, 0.05) is 25.5 Å². The van der Waals surface area contributed by atoms with Crippen molar-refractivity contribution in [3.63, 3.8) is 0 Å². The number of anilines is 1. The van der Waals surface area contributed by atoms with E-state index in [4.69, 9.17) is 4.74 Å². The van der Waals surface area contributed by atoms with Gasteiger partial charge in [-0.3, -0.25) is 15.1 Å². The molecule has 9 nitrogen and oxygen atoms in total. The van der Waals surface area contributed by atoms with Gasteiger partial charge in [-0.1, -0.05) is 12.1 Å². The van der Waals surface area contributed by atoms with E-state index >= 15 is 0 Å². The Morgan fingerprint density at radius 1 is 1.16 bits per heavy atom. The van der Waals surface area contributed by atoms with Crippen LogP contribution in [-0.2, 0) is 0 Å². The molecule has 0 aliphatic rings. The molecule has 2 heterocycles. The van der Waals surface area contributed by atoms with Crippen LogP contribution in [0.3, 0.4) is 0 Å². The minimum atomic E-state index is -1.07. The van der Waals surface area contributed by atoms with Crippen molar-refractivity contribution in [2.24, 2.45) is 0 Å². The van der Waals surface area contributed by atoms with Gasteiger partial charge in [-0.15, -0.1) is 0 Å². The molecule has 0 fully saturated rings. The zero-order chi connectivity index (χ0) is 22.2. The summed E-state index contributed by atoms with van der Waals surface area (Å²) in [5.41, 5.74) is 0.632. The number of hydrogen-bond acceptors (Lipinski definition) is 8. The number of rotatable bonds is 10. The zero-order valence-electron chi connectivity index (χ0n) is 17.4. The van der Waals surface area contributed by atoms with Crippen molar-refractivity contribution in [3.05, 3.63) is 88.4 Å². The average molecular weight is 423 g/mol. The van der Waals surface area contributed by atoms with Crippen molar-refractivity contribution >= 4 is 11.5 Å². The third-order valence-corrected chi connectivity index (χ3v) is 4.88. The predicted octanol–water partition coefficient (Wildman–Crippen LogP) is 2.89. The number of nitrogens with one attached hydrogen (secondary N) is 1. The lowest BCUT2D eigenvalue weighted by molar-refractivity contribution is -0.386. The maximum Gasteiger partial charge on any atom is 0.274 e. The number of likely N-dealkylation sites (N-methyl/N-ethyl adjacent to an activating group) is 2. The van der Waals surface area contributed by atoms with E-state index in [1.54, 1.807) is 49.8 Å². The molecular formula is C22H25N5O4. The minimum absolute atomic E-state index is 0.104. The van der Waals surface area contributed by atoms with Crippen molar-refractivity contribution in [1.29, 1.82) is 0 Å². The molecule has 1 aromatic carbocycles. The Morgan fingerprint density at radius 2 is 1.90 bits per heavy atom. The Kier molecular flexibility index (Phi) is 7.47. The van der Waals surface area contributed by atoms with Crippen molar-refractivity contribution in [2.75, 3.05) is 32.1 Å². The molecule has 0 radical (unpaired) electrons. The molecule has 0 saturated carbocycles. The van der Waals surface area contributed by atoms with Crippen LogP contribution in [-0.4, -0.2) is 47.2 Å². The third kappa shape index (κ3) is 5.53. The number of nitrogens with zero attached hydrogens (tertiary/aromatic N) is 4. The average Bonchev–Trinajstić information content (AvgIpc) is 2.80. The van der Waals surface area contributed by atoms with Crippen LogP contribution in [0.2, 0.25) is 0 Å². The lowest BCUT2D eigenvalue weighted by Gasteiger charge is -2.23. The zero-order valence-corrected chi connectivity index (χ0v) is 17.4. The molecule has 0 amide bonds. The van der Waals surface area contributed by atoms with E-state index in [2.05, 4.69) is 15.3 Å². The van der Waals surface area contributed by atoms with Gasteiger partial charge in [0.25, 0.3) is 5.69 Å². The highest BCUT2D eigenvalue weighted by Gasteiger charge is 2.29. The molecule has 31 heavy (non-hydrogen) atoms. The fourth-order valence-corrected chi connectivity index (χ4v) is 3.24. The summed E-state index contributed by atoms with van der Waals surface area (Å²) in [5.74, 6) is 1.30. The Balaban J connectivity index is 1.77. The van der Waals surface area contributed by atoms with Gasteiger partial charge < -0.3 is 20.1 Å². The first-order valence-corrected chi connectivity index (χ1v) is 9.81. The normalized spacial score (nSPS) is 12.7. The Hall–Kier alpha value is -3.56. The van der Waals surface area contributed by atoms with Gasteiger partial charge in [-0.25, -0.2) is 4.98 Å². The van der Waals surface area contributed by atoms with E-state index in [0.717, 1.165) is 5.82 Å². The minimum Gasteiger partial charge on any atom is -0.492 e. The molecule has 2 atom stereocenters. The third-order valence-electron chi connectivity index (χ3n) is 4.88. The highest BCUT2D eigenvalue weighted by molar-refractivity contribution is 5.48. The summed E-state index contributed by atoms with van der Waals surface area (Å²) in [5, 5.41) is 25.4. The summed E-state index contributed by atoms with van der Waals surface area (Å²) in [6.07, 6.45) is 2.22. The second-order valence-electron chi connectivity index (χ2n) is 6.90. The topological polar surface area (TPSA) is 114 Å². The van der Waals surface area contributed by atoms with E-state index in [-0.39, 0.29) is 5.69 Å². The van der Waals surface area contributed by atoms with Crippen molar-refractivity contribution in [2.45, 2.75) is 12.1 Å². The number of aliphatic hydroxyl groups is 1. The van der Waals surface area contributed by atoms with Gasteiger partial charge in [-0.2, -0.15) is 0 Å². The Bertz CT molecular complexity index is 988. The number of hydrogen-bond donors (Lipinski definition) is 2. The van der Waals surface area contributed by atoms with Crippen LogP contribution in [0.1, 0.15) is 23.4 Å². The van der Waals surface area contributed by atoms with Crippen molar-refractivity contribution in [3.8, 4) is 5.75 Å². The van der Waals surface area contributed by atoms with Gasteiger partial charge in [0.1, 0.15) is 24.3 Å². The second-order valence-corrected chi connectivity index (χ2v) is 6.90. The van der Waals surface area contributed by atoms with E-state index in [1.807, 2.05) is 30.1 Å². The monoisotopic (exact) mass is 423 g/mol. The van der Waals surface area contributed by atoms with Gasteiger partial charge in [0.15, 0.2) is 0 Å². The maximum absolute atomic E-state index is 11.6. The number of aromatic nitrogens is 2. The smallest absolute Gasteiger partial charge is 0.274 e. The van der Waals surface area contributed by atoms with Gasteiger partial charge in [0.05, 0.1) is 28.8 Å². The first kappa shape index (κ1) is 22.1. The number of nitro benzene ring substituents is 1. The molecule has 3 aromatic rings. The summed E-state index contributed by atoms with van der Waals surface area (Å²) in [7, 11) is 3.54.